The Kier molecular flexibility index (Phi) is 3.67. The molecule has 0 atom stereocenters. The van der Waals surface area contributed by atoms with E-state index in [-0.39, 0.29) is 11.2 Å². The Morgan fingerprint density at radius 1 is 0.966 bits per heavy atom. The number of pyridine rings is 1. The standard InChI is InChI=1S/C20H15F2N7/c1-12-3-6-18-25-26-19(29(18)27-12)20(21,22)16-4-5-17-13(8-16)7-14(9-23-17)15-10-24-28(2)11-15/h3-11H,1-2H3. The van der Waals surface area contributed by atoms with Gasteiger partial charge in [0.15, 0.2) is 5.65 Å². The first kappa shape index (κ1) is 17.4. The maximum atomic E-state index is 15.3. The minimum absolute atomic E-state index is 0.201. The summed E-state index contributed by atoms with van der Waals surface area (Å²) >= 11 is 0. The third-order valence-electron chi connectivity index (χ3n) is 4.76. The van der Waals surface area contributed by atoms with Crippen LogP contribution in [0.15, 0.2) is 55.0 Å². The van der Waals surface area contributed by atoms with Crippen molar-refractivity contribution in [2.24, 2.45) is 7.05 Å². The number of alkyl halides is 2. The fraction of sp³-hybridized carbons (Fsp3) is 0.150. The molecule has 0 spiro atoms. The molecule has 9 heteroatoms. The van der Waals surface area contributed by atoms with Crippen LogP contribution in [0.2, 0.25) is 0 Å². The predicted molar refractivity (Wildman–Crippen MR) is 102 cm³/mol. The van der Waals surface area contributed by atoms with E-state index in [2.05, 4.69) is 25.4 Å². The van der Waals surface area contributed by atoms with Crippen molar-refractivity contribution in [1.29, 1.82) is 0 Å². The third-order valence-corrected chi connectivity index (χ3v) is 4.76. The van der Waals surface area contributed by atoms with Gasteiger partial charge in [0.1, 0.15) is 0 Å². The SMILES string of the molecule is Cc1ccc2nnc(C(F)(F)c3ccc4ncc(-c5cnn(C)c5)cc4c3)n2n1. The second-order valence-electron chi connectivity index (χ2n) is 6.88. The van der Waals surface area contributed by atoms with Crippen LogP contribution in [0.25, 0.3) is 27.7 Å². The number of rotatable bonds is 3. The molecule has 29 heavy (non-hydrogen) atoms. The Morgan fingerprint density at radius 2 is 1.83 bits per heavy atom. The van der Waals surface area contributed by atoms with Crippen molar-refractivity contribution >= 4 is 16.6 Å². The van der Waals surface area contributed by atoms with Crippen LogP contribution in [0.1, 0.15) is 17.1 Å². The summed E-state index contributed by atoms with van der Waals surface area (Å²) in [5.74, 6) is -3.90. The second-order valence-corrected chi connectivity index (χ2v) is 6.88. The maximum absolute atomic E-state index is 15.3. The molecule has 5 rings (SSSR count). The molecule has 0 aliphatic heterocycles. The zero-order valence-corrected chi connectivity index (χ0v) is 15.6. The highest BCUT2D eigenvalue weighted by molar-refractivity contribution is 5.84. The van der Waals surface area contributed by atoms with E-state index in [1.54, 1.807) is 42.2 Å². The number of hydrogen-bond donors (Lipinski definition) is 0. The van der Waals surface area contributed by atoms with Crippen LogP contribution in [-0.2, 0) is 13.0 Å². The van der Waals surface area contributed by atoms with Gasteiger partial charge in [-0.3, -0.25) is 9.67 Å². The van der Waals surface area contributed by atoms with E-state index in [9.17, 15) is 0 Å². The molecule has 0 saturated carbocycles. The van der Waals surface area contributed by atoms with Gasteiger partial charge in [-0.25, -0.2) is 0 Å². The molecule has 0 unspecified atom stereocenters. The van der Waals surface area contributed by atoms with Gasteiger partial charge in [0.25, 0.3) is 0 Å². The van der Waals surface area contributed by atoms with Crippen LogP contribution in [0, 0.1) is 6.92 Å². The van der Waals surface area contributed by atoms with Gasteiger partial charge in [0, 0.05) is 41.5 Å². The minimum atomic E-state index is -3.38. The molecule has 0 amide bonds. The summed E-state index contributed by atoms with van der Waals surface area (Å²) in [6, 6.07) is 9.50. The highest BCUT2D eigenvalue weighted by Gasteiger charge is 2.40. The largest absolute Gasteiger partial charge is 0.333 e. The van der Waals surface area contributed by atoms with Gasteiger partial charge in [-0.2, -0.15) is 23.5 Å². The highest BCUT2D eigenvalue weighted by atomic mass is 19.3. The average molecular weight is 391 g/mol. The smallest absolute Gasteiger partial charge is 0.275 e. The van der Waals surface area contributed by atoms with Crippen LogP contribution in [0.3, 0.4) is 0 Å². The monoisotopic (exact) mass is 391 g/mol. The molecule has 0 bridgehead atoms. The molecular weight excluding hydrogens is 376 g/mol. The molecule has 1 aromatic carbocycles. The van der Waals surface area contributed by atoms with Gasteiger partial charge in [-0.15, -0.1) is 10.2 Å². The van der Waals surface area contributed by atoms with E-state index in [1.807, 2.05) is 19.3 Å². The van der Waals surface area contributed by atoms with Crippen LogP contribution in [0.5, 0.6) is 0 Å². The van der Waals surface area contributed by atoms with Gasteiger partial charge in [0.2, 0.25) is 5.82 Å². The molecule has 7 nitrogen and oxygen atoms in total. The van der Waals surface area contributed by atoms with Crippen molar-refractivity contribution in [3.8, 4) is 11.1 Å². The lowest BCUT2D eigenvalue weighted by Gasteiger charge is -2.15. The lowest BCUT2D eigenvalue weighted by Crippen LogP contribution is -2.20. The van der Waals surface area contributed by atoms with Gasteiger partial charge >= 0.3 is 5.92 Å². The molecular formula is C20H15F2N7. The van der Waals surface area contributed by atoms with Crippen LogP contribution in [-0.4, -0.2) is 34.6 Å². The number of aryl methyl sites for hydroxylation is 2. The molecule has 0 fully saturated rings. The van der Waals surface area contributed by atoms with Crippen LogP contribution in [0.4, 0.5) is 8.78 Å². The summed E-state index contributed by atoms with van der Waals surface area (Å²) < 4.78 is 33.4. The molecule has 5 aromatic rings. The lowest BCUT2D eigenvalue weighted by atomic mass is 10.0. The van der Waals surface area contributed by atoms with E-state index in [0.717, 1.165) is 15.6 Å². The zero-order chi connectivity index (χ0) is 20.2. The number of hydrogen-bond acceptors (Lipinski definition) is 5. The summed E-state index contributed by atoms with van der Waals surface area (Å²) in [5, 5.41) is 16.4. The molecule has 0 saturated heterocycles. The molecule has 0 aliphatic rings. The van der Waals surface area contributed by atoms with Gasteiger partial charge in [0.05, 0.1) is 17.4 Å². The van der Waals surface area contributed by atoms with Crippen molar-refractivity contribution in [3.05, 3.63) is 72.1 Å². The zero-order valence-electron chi connectivity index (χ0n) is 15.6. The molecule has 144 valence electrons. The van der Waals surface area contributed by atoms with E-state index in [0.29, 0.717) is 16.6 Å². The summed E-state index contributed by atoms with van der Waals surface area (Å²) in [6.45, 7) is 1.73. The molecule has 0 N–H and O–H groups in total. The number of benzene rings is 1. The first-order chi connectivity index (χ1) is 13.9. The lowest BCUT2D eigenvalue weighted by molar-refractivity contribution is 0.0307. The van der Waals surface area contributed by atoms with E-state index in [4.69, 9.17) is 0 Å². The first-order valence-corrected chi connectivity index (χ1v) is 8.88. The van der Waals surface area contributed by atoms with Crippen molar-refractivity contribution in [2.75, 3.05) is 0 Å². The second kappa shape index (κ2) is 6.13. The topological polar surface area (TPSA) is 73.8 Å². The van der Waals surface area contributed by atoms with Crippen molar-refractivity contribution < 1.29 is 8.78 Å². The Morgan fingerprint density at radius 3 is 2.62 bits per heavy atom. The Hall–Kier alpha value is -3.75. The summed E-state index contributed by atoms with van der Waals surface area (Å²) in [4.78, 5) is 4.39. The van der Waals surface area contributed by atoms with Gasteiger partial charge < -0.3 is 0 Å². The van der Waals surface area contributed by atoms with E-state index >= 15 is 8.78 Å². The summed E-state index contributed by atoms with van der Waals surface area (Å²) in [7, 11) is 1.81. The van der Waals surface area contributed by atoms with Gasteiger partial charge in [-0.1, -0.05) is 6.07 Å². The Balaban J connectivity index is 1.63. The summed E-state index contributed by atoms with van der Waals surface area (Å²) in [5.41, 5.74) is 2.95. The van der Waals surface area contributed by atoms with Crippen LogP contribution >= 0.6 is 0 Å². The molecule has 0 radical (unpaired) electrons. The van der Waals surface area contributed by atoms with E-state index < -0.39 is 11.7 Å². The number of nitrogens with zero attached hydrogens (tertiary/aromatic N) is 7. The average Bonchev–Trinajstić information content (AvgIpc) is 3.33. The third kappa shape index (κ3) is 2.82. The van der Waals surface area contributed by atoms with Crippen molar-refractivity contribution in [3.63, 3.8) is 0 Å². The number of halogens is 2. The molecule has 0 aliphatic carbocycles. The minimum Gasteiger partial charge on any atom is -0.275 e. The molecule has 4 aromatic heterocycles. The van der Waals surface area contributed by atoms with E-state index in [1.165, 1.54) is 12.1 Å². The maximum Gasteiger partial charge on any atom is 0.333 e. The quantitative estimate of drug-likeness (QED) is 0.470. The fourth-order valence-electron chi connectivity index (χ4n) is 3.26. The van der Waals surface area contributed by atoms with Gasteiger partial charge in [-0.05, 0) is 37.3 Å². The Bertz CT molecular complexity index is 1370. The van der Waals surface area contributed by atoms with Crippen molar-refractivity contribution in [2.45, 2.75) is 12.8 Å². The molecule has 4 heterocycles. The number of fused-ring (bicyclic) bond motifs is 2. The fourth-order valence-corrected chi connectivity index (χ4v) is 3.26. The predicted octanol–water partition coefficient (Wildman–Crippen LogP) is 3.52. The summed E-state index contributed by atoms with van der Waals surface area (Å²) in [6.07, 6.45) is 5.26. The first-order valence-electron chi connectivity index (χ1n) is 8.88. The Labute approximate surface area is 163 Å². The highest BCUT2D eigenvalue weighted by Crippen LogP contribution is 2.36. The number of aromatic nitrogens is 7. The normalized spacial score (nSPS) is 12.1. The van der Waals surface area contributed by atoms with Crippen molar-refractivity contribution in [1.82, 2.24) is 34.6 Å². The van der Waals surface area contributed by atoms with Crippen LogP contribution < -0.4 is 0 Å².